The zero-order valence-electron chi connectivity index (χ0n) is 20.2. The van der Waals surface area contributed by atoms with E-state index in [9.17, 15) is 22.8 Å². The van der Waals surface area contributed by atoms with Gasteiger partial charge in [0.2, 0.25) is 0 Å². The van der Waals surface area contributed by atoms with E-state index in [4.69, 9.17) is 4.74 Å². The van der Waals surface area contributed by atoms with Gasteiger partial charge in [0.15, 0.2) is 0 Å². The normalized spacial score (nSPS) is 22.2. The molecule has 1 unspecified atom stereocenters. The molecule has 2 heterocycles. The predicted molar refractivity (Wildman–Crippen MR) is 121 cm³/mol. The van der Waals surface area contributed by atoms with Crippen LogP contribution in [0.4, 0.5) is 18.0 Å². The van der Waals surface area contributed by atoms with Crippen LogP contribution in [0.25, 0.3) is 6.08 Å². The molecule has 0 bridgehead atoms. The predicted octanol–water partition coefficient (Wildman–Crippen LogP) is 5.89. The van der Waals surface area contributed by atoms with Crippen molar-refractivity contribution in [1.29, 1.82) is 0 Å². The second-order valence-corrected chi connectivity index (χ2v) is 10.6. The Hall–Kier alpha value is -2.51. The number of ether oxygens (including phenoxy) is 1. The van der Waals surface area contributed by atoms with Crippen LogP contribution in [0.2, 0.25) is 0 Å². The van der Waals surface area contributed by atoms with Crippen molar-refractivity contribution >= 4 is 18.1 Å². The smallest absolute Gasteiger partial charge is 0.444 e. The van der Waals surface area contributed by atoms with E-state index in [1.807, 2.05) is 58.9 Å². The maximum absolute atomic E-state index is 13.0. The number of hydrogen-bond acceptors (Lipinski definition) is 3. The van der Waals surface area contributed by atoms with Crippen molar-refractivity contribution in [3.05, 3.63) is 40.5 Å². The molecule has 0 aromatic heterocycles. The van der Waals surface area contributed by atoms with Gasteiger partial charge in [0.1, 0.15) is 5.60 Å². The molecule has 1 aromatic rings. The number of hydrogen-bond donors (Lipinski definition) is 0. The molecule has 3 rings (SSSR count). The molecule has 0 saturated carbocycles. The largest absolute Gasteiger partial charge is 0.471 e. The van der Waals surface area contributed by atoms with Crippen LogP contribution >= 0.6 is 0 Å². The summed E-state index contributed by atoms with van der Waals surface area (Å²) in [5.41, 5.74) is 2.77. The van der Waals surface area contributed by atoms with E-state index >= 15 is 0 Å². The lowest BCUT2D eigenvalue weighted by Crippen LogP contribution is -2.52. The maximum atomic E-state index is 13.0. The Balaban J connectivity index is 1.79. The van der Waals surface area contributed by atoms with Gasteiger partial charge in [0.25, 0.3) is 0 Å². The molecule has 1 saturated heterocycles. The van der Waals surface area contributed by atoms with E-state index in [1.165, 1.54) is 0 Å². The third-order valence-electron chi connectivity index (χ3n) is 6.24. The number of likely N-dealkylation sites (tertiary alicyclic amines) is 1. The summed E-state index contributed by atoms with van der Waals surface area (Å²) in [7, 11) is 0. The van der Waals surface area contributed by atoms with Crippen LogP contribution < -0.4 is 0 Å². The number of carbonyl (C=O) groups is 2. The lowest BCUT2D eigenvalue weighted by molar-refractivity contribution is -0.188. The molecule has 2 aliphatic rings. The van der Waals surface area contributed by atoms with Gasteiger partial charge in [-0.25, -0.2) is 4.79 Å². The Morgan fingerprint density at radius 1 is 1.12 bits per heavy atom. The first-order chi connectivity index (χ1) is 15.1. The van der Waals surface area contributed by atoms with Crippen LogP contribution in [0.5, 0.6) is 0 Å². The average Bonchev–Trinajstić information content (AvgIpc) is 2.65. The van der Waals surface area contributed by atoms with Crippen LogP contribution in [0.15, 0.2) is 23.8 Å². The molecule has 1 fully saturated rings. The molecule has 8 heteroatoms. The Labute approximate surface area is 193 Å². The van der Waals surface area contributed by atoms with E-state index in [2.05, 4.69) is 0 Å². The van der Waals surface area contributed by atoms with Crippen molar-refractivity contribution in [3.63, 3.8) is 0 Å². The zero-order chi connectivity index (χ0) is 24.8. The minimum Gasteiger partial charge on any atom is -0.444 e. The van der Waals surface area contributed by atoms with E-state index in [-0.39, 0.29) is 12.6 Å². The van der Waals surface area contributed by atoms with Gasteiger partial charge in [-0.05, 0) is 83.6 Å². The van der Waals surface area contributed by atoms with Gasteiger partial charge < -0.3 is 14.5 Å². The van der Waals surface area contributed by atoms with Crippen LogP contribution in [-0.4, -0.2) is 52.2 Å². The summed E-state index contributed by atoms with van der Waals surface area (Å²) in [5.74, 6) is -1.79. The highest BCUT2D eigenvalue weighted by Crippen LogP contribution is 2.36. The van der Waals surface area contributed by atoms with Crippen molar-refractivity contribution in [3.8, 4) is 0 Å². The van der Waals surface area contributed by atoms with Crippen molar-refractivity contribution in [2.45, 2.75) is 84.2 Å². The number of alkyl halides is 3. The van der Waals surface area contributed by atoms with E-state index in [1.54, 1.807) is 11.8 Å². The topological polar surface area (TPSA) is 49.9 Å². The standard InChI is InChI=1S/C25H33F3N2O3/c1-16-20-14-17(7-8-19(20)10-11-29(16)21(31)25(26,27)28)13-18-9-12-30(24(5,6)15-18)22(32)33-23(2,3)4/h7-8,13-14,16H,9-12,15H2,1-6H3. The second kappa shape index (κ2) is 8.69. The number of rotatable bonds is 1. The summed E-state index contributed by atoms with van der Waals surface area (Å²) in [4.78, 5) is 27.1. The number of piperidine rings is 1. The van der Waals surface area contributed by atoms with E-state index < -0.39 is 29.3 Å². The first-order valence-electron chi connectivity index (χ1n) is 11.3. The fourth-order valence-electron chi connectivity index (χ4n) is 4.67. The Morgan fingerprint density at radius 3 is 2.36 bits per heavy atom. The number of carbonyl (C=O) groups excluding carboxylic acids is 2. The number of halogens is 3. The quantitative estimate of drug-likeness (QED) is 0.519. The highest BCUT2D eigenvalue weighted by Gasteiger charge is 2.45. The molecule has 182 valence electrons. The van der Waals surface area contributed by atoms with Crippen molar-refractivity contribution in [2.75, 3.05) is 13.1 Å². The molecule has 1 atom stereocenters. The van der Waals surface area contributed by atoms with Crippen LogP contribution in [0.1, 0.15) is 77.1 Å². The van der Waals surface area contributed by atoms with Gasteiger partial charge in [-0.1, -0.05) is 23.8 Å². The van der Waals surface area contributed by atoms with Gasteiger partial charge in [0, 0.05) is 18.6 Å². The fourth-order valence-corrected chi connectivity index (χ4v) is 4.67. The first kappa shape index (κ1) is 25.1. The van der Waals surface area contributed by atoms with Gasteiger partial charge in [0.05, 0.1) is 6.04 Å². The molecular weight excluding hydrogens is 433 g/mol. The van der Waals surface area contributed by atoms with Crippen molar-refractivity contribution < 1.29 is 27.5 Å². The van der Waals surface area contributed by atoms with E-state index in [0.717, 1.165) is 27.2 Å². The van der Waals surface area contributed by atoms with Gasteiger partial charge in [-0.15, -0.1) is 0 Å². The SMILES string of the molecule is CC1c2cc(C=C3CCN(C(=O)OC(C)(C)C)C(C)(C)C3)ccc2CCN1C(=O)C(F)(F)F. The van der Waals surface area contributed by atoms with Gasteiger partial charge in [-0.3, -0.25) is 4.79 Å². The molecule has 2 amide bonds. The summed E-state index contributed by atoms with van der Waals surface area (Å²) >= 11 is 0. The Morgan fingerprint density at radius 2 is 1.79 bits per heavy atom. The van der Waals surface area contributed by atoms with Crippen LogP contribution in [0.3, 0.4) is 0 Å². The minimum atomic E-state index is -4.88. The molecule has 0 N–H and O–H groups in total. The summed E-state index contributed by atoms with van der Waals surface area (Å²) in [6, 6.07) is 5.14. The lowest BCUT2D eigenvalue weighted by atomic mass is 9.85. The number of benzene rings is 1. The number of fused-ring (bicyclic) bond motifs is 1. The summed E-state index contributed by atoms with van der Waals surface area (Å²) in [5, 5.41) is 0. The summed E-state index contributed by atoms with van der Waals surface area (Å²) in [6.45, 7) is 11.7. The van der Waals surface area contributed by atoms with E-state index in [0.29, 0.717) is 25.8 Å². The Bertz CT molecular complexity index is 961. The minimum absolute atomic E-state index is 0.0572. The molecule has 0 aliphatic carbocycles. The molecule has 0 radical (unpaired) electrons. The third kappa shape index (κ3) is 5.71. The summed E-state index contributed by atoms with van der Waals surface area (Å²) < 4.78 is 44.5. The van der Waals surface area contributed by atoms with Crippen molar-refractivity contribution in [2.24, 2.45) is 0 Å². The molecule has 33 heavy (non-hydrogen) atoms. The lowest BCUT2D eigenvalue weighted by Gasteiger charge is -2.43. The van der Waals surface area contributed by atoms with Gasteiger partial charge >= 0.3 is 18.2 Å². The molecule has 5 nitrogen and oxygen atoms in total. The second-order valence-electron chi connectivity index (χ2n) is 10.6. The Kier molecular flexibility index (Phi) is 6.61. The number of amides is 2. The first-order valence-corrected chi connectivity index (χ1v) is 11.3. The van der Waals surface area contributed by atoms with Crippen LogP contribution in [-0.2, 0) is 16.0 Å². The highest BCUT2D eigenvalue weighted by molar-refractivity contribution is 5.82. The number of nitrogens with zero attached hydrogens (tertiary/aromatic N) is 2. The van der Waals surface area contributed by atoms with Crippen LogP contribution in [0, 0.1) is 0 Å². The zero-order valence-corrected chi connectivity index (χ0v) is 20.2. The maximum Gasteiger partial charge on any atom is 0.471 e. The molecule has 2 aliphatic heterocycles. The van der Waals surface area contributed by atoms with Crippen molar-refractivity contribution in [1.82, 2.24) is 9.80 Å². The highest BCUT2D eigenvalue weighted by atomic mass is 19.4. The fraction of sp³-hybridized carbons (Fsp3) is 0.600. The average molecular weight is 467 g/mol. The monoisotopic (exact) mass is 466 g/mol. The molecule has 0 spiro atoms. The summed E-state index contributed by atoms with van der Waals surface area (Å²) in [6.07, 6.45) is -1.41. The molecular formula is C25H33F3N2O3. The molecule has 1 aromatic carbocycles. The van der Waals surface area contributed by atoms with Gasteiger partial charge in [-0.2, -0.15) is 13.2 Å². The third-order valence-corrected chi connectivity index (χ3v) is 6.24.